The minimum absolute atomic E-state index is 0.290. The molecule has 1 amide bonds. The molecule has 1 heterocycles. The van der Waals surface area contributed by atoms with Crippen molar-refractivity contribution >= 4 is 23.4 Å². The Kier molecular flexibility index (Phi) is 5.86. The van der Waals surface area contributed by atoms with Gasteiger partial charge >= 0.3 is 0 Å². The monoisotopic (exact) mass is 369 g/mol. The molecular weight excluding hydrogens is 350 g/mol. The van der Waals surface area contributed by atoms with Crippen LogP contribution in [0, 0.1) is 0 Å². The number of benzene rings is 2. The fourth-order valence-corrected chi connectivity index (χ4v) is 3.32. The van der Waals surface area contributed by atoms with Crippen molar-refractivity contribution in [3.63, 3.8) is 0 Å². The normalized spacial score (nSPS) is 10.4. The number of anilines is 1. The third-order valence-corrected chi connectivity index (χ3v) is 4.81. The molecule has 3 rings (SSSR count). The van der Waals surface area contributed by atoms with E-state index in [1.54, 1.807) is 44.2 Å². The molecule has 6 heteroatoms. The number of carbonyl (C=O) groups is 1. The van der Waals surface area contributed by atoms with Crippen LogP contribution in [-0.2, 0) is 5.75 Å². The minimum Gasteiger partial charge on any atom is -0.497 e. The summed E-state index contributed by atoms with van der Waals surface area (Å²) in [5.74, 6) is 1.77. The first-order valence-electron chi connectivity index (χ1n) is 7.99. The first-order chi connectivity index (χ1) is 12.7. The van der Waals surface area contributed by atoms with Gasteiger partial charge in [-0.05, 0) is 30.3 Å². The fraction of sp³-hybridized carbons (Fsp3) is 0.150. The van der Waals surface area contributed by atoms with Gasteiger partial charge in [0.15, 0.2) is 5.76 Å². The van der Waals surface area contributed by atoms with Crippen molar-refractivity contribution in [1.82, 2.24) is 0 Å². The van der Waals surface area contributed by atoms with E-state index in [1.807, 2.05) is 36.4 Å². The van der Waals surface area contributed by atoms with Gasteiger partial charge in [-0.1, -0.05) is 18.2 Å². The highest BCUT2D eigenvalue weighted by Gasteiger charge is 2.18. The topological polar surface area (TPSA) is 60.7 Å². The molecule has 26 heavy (non-hydrogen) atoms. The first kappa shape index (κ1) is 17.9. The van der Waals surface area contributed by atoms with Crippen molar-refractivity contribution in [3.8, 4) is 11.5 Å². The van der Waals surface area contributed by atoms with Crippen molar-refractivity contribution in [3.05, 3.63) is 72.2 Å². The molecule has 0 radical (unpaired) electrons. The van der Waals surface area contributed by atoms with Crippen molar-refractivity contribution in [2.24, 2.45) is 0 Å². The highest BCUT2D eigenvalue weighted by atomic mass is 32.2. The number of furan rings is 1. The average Bonchev–Trinajstić information content (AvgIpc) is 3.16. The molecule has 5 nitrogen and oxygen atoms in total. The quantitative estimate of drug-likeness (QED) is 0.604. The van der Waals surface area contributed by atoms with Gasteiger partial charge in [-0.2, -0.15) is 0 Å². The molecular formula is C20H19NO4S. The van der Waals surface area contributed by atoms with Crippen molar-refractivity contribution in [2.75, 3.05) is 19.5 Å². The van der Waals surface area contributed by atoms with E-state index in [2.05, 4.69) is 5.32 Å². The summed E-state index contributed by atoms with van der Waals surface area (Å²) >= 11 is 1.65. The van der Waals surface area contributed by atoms with E-state index in [9.17, 15) is 4.79 Å². The van der Waals surface area contributed by atoms with Crippen LogP contribution in [0.2, 0.25) is 0 Å². The van der Waals surface area contributed by atoms with Gasteiger partial charge in [-0.15, -0.1) is 11.8 Å². The predicted molar refractivity (Wildman–Crippen MR) is 102 cm³/mol. The molecule has 0 spiro atoms. The third-order valence-electron chi connectivity index (χ3n) is 3.75. The number of ether oxygens (including phenoxy) is 2. The van der Waals surface area contributed by atoms with Gasteiger partial charge in [-0.3, -0.25) is 4.79 Å². The summed E-state index contributed by atoms with van der Waals surface area (Å²) in [5.41, 5.74) is 1.35. The molecule has 0 aliphatic rings. The van der Waals surface area contributed by atoms with Crippen LogP contribution in [0.4, 0.5) is 5.69 Å². The Morgan fingerprint density at radius 3 is 2.62 bits per heavy atom. The number of hydrogen-bond donors (Lipinski definition) is 1. The second-order valence-electron chi connectivity index (χ2n) is 5.40. The molecule has 1 aromatic heterocycles. The molecule has 2 aromatic carbocycles. The van der Waals surface area contributed by atoms with E-state index < -0.39 is 0 Å². The van der Waals surface area contributed by atoms with E-state index in [4.69, 9.17) is 13.9 Å². The zero-order valence-corrected chi connectivity index (χ0v) is 15.3. The Hall–Kier alpha value is -2.86. The largest absolute Gasteiger partial charge is 0.497 e. The molecule has 0 aliphatic heterocycles. The predicted octanol–water partition coefficient (Wildman–Crippen LogP) is 4.84. The van der Waals surface area contributed by atoms with Gasteiger partial charge in [-0.25, -0.2) is 0 Å². The SMILES string of the molecule is COc1ccc(OC)c(NC(=O)c2occc2CSc2ccccc2)c1. The van der Waals surface area contributed by atoms with Crippen LogP contribution in [0.5, 0.6) is 11.5 Å². The van der Waals surface area contributed by atoms with Gasteiger partial charge in [0.1, 0.15) is 11.5 Å². The summed E-state index contributed by atoms with van der Waals surface area (Å²) in [5, 5.41) is 2.83. The number of hydrogen-bond acceptors (Lipinski definition) is 5. The van der Waals surface area contributed by atoms with Gasteiger partial charge in [0.05, 0.1) is 26.2 Å². The Labute approximate surface area is 156 Å². The number of nitrogens with one attached hydrogen (secondary N) is 1. The molecule has 0 saturated heterocycles. The standard InChI is InChI=1S/C20H19NO4S/c1-23-15-8-9-18(24-2)17(12-15)21-20(22)19-14(10-11-25-19)13-26-16-6-4-3-5-7-16/h3-12H,13H2,1-2H3,(H,21,22). The van der Waals surface area contributed by atoms with Crippen LogP contribution >= 0.6 is 11.8 Å². The lowest BCUT2D eigenvalue weighted by Crippen LogP contribution is -2.13. The maximum Gasteiger partial charge on any atom is 0.291 e. The van der Waals surface area contributed by atoms with Crippen molar-refractivity contribution in [2.45, 2.75) is 10.6 Å². The summed E-state index contributed by atoms with van der Waals surface area (Å²) in [6.45, 7) is 0. The molecule has 0 saturated carbocycles. The van der Waals surface area contributed by atoms with Crippen LogP contribution in [0.3, 0.4) is 0 Å². The zero-order valence-electron chi connectivity index (χ0n) is 14.5. The molecule has 0 atom stereocenters. The number of rotatable bonds is 7. The van der Waals surface area contributed by atoms with Crippen LogP contribution in [0.1, 0.15) is 16.1 Å². The fourth-order valence-electron chi connectivity index (χ4n) is 2.42. The second-order valence-corrected chi connectivity index (χ2v) is 6.45. The summed E-state index contributed by atoms with van der Waals surface area (Å²) in [7, 11) is 3.12. The van der Waals surface area contributed by atoms with Crippen LogP contribution in [0.25, 0.3) is 0 Å². The summed E-state index contributed by atoms with van der Waals surface area (Å²) in [4.78, 5) is 13.8. The third kappa shape index (κ3) is 4.21. The molecule has 0 aliphatic carbocycles. The van der Waals surface area contributed by atoms with E-state index in [0.717, 1.165) is 10.5 Å². The van der Waals surface area contributed by atoms with Crippen LogP contribution in [-0.4, -0.2) is 20.1 Å². The summed E-state index contributed by atoms with van der Waals surface area (Å²) in [6, 6.07) is 17.0. The van der Waals surface area contributed by atoms with Crippen LogP contribution in [0.15, 0.2) is 70.2 Å². The van der Waals surface area contributed by atoms with Crippen molar-refractivity contribution in [1.29, 1.82) is 0 Å². The van der Waals surface area contributed by atoms with Crippen LogP contribution < -0.4 is 14.8 Å². The maximum absolute atomic E-state index is 12.7. The lowest BCUT2D eigenvalue weighted by Gasteiger charge is -2.11. The Morgan fingerprint density at radius 1 is 1.08 bits per heavy atom. The first-order valence-corrected chi connectivity index (χ1v) is 8.97. The van der Waals surface area contributed by atoms with E-state index in [1.165, 1.54) is 6.26 Å². The molecule has 0 bridgehead atoms. The minimum atomic E-state index is -0.329. The highest BCUT2D eigenvalue weighted by molar-refractivity contribution is 7.98. The molecule has 3 aromatic rings. The molecule has 1 N–H and O–H groups in total. The maximum atomic E-state index is 12.7. The smallest absolute Gasteiger partial charge is 0.291 e. The van der Waals surface area contributed by atoms with Gasteiger partial charge in [0.25, 0.3) is 5.91 Å². The number of methoxy groups -OCH3 is 2. The van der Waals surface area contributed by atoms with E-state index >= 15 is 0 Å². The number of thioether (sulfide) groups is 1. The lowest BCUT2D eigenvalue weighted by molar-refractivity contribution is 0.0995. The Balaban J connectivity index is 1.74. The highest BCUT2D eigenvalue weighted by Crippen LogP contribution is 2.30. The molecule has 134 valence electrons. The average molecular weight is 369 g/mol. The number of carbonyl (C=O) groups excluding carboxylic acids is 1. The van der Waals surface area contributed by atoms with Gasteiger partial charge in [0.2, 0.25) is 0 Å². The van der Waals surface area contributed by atoms with E-state index in [-0.39, 0.29) is 5.91 Å². The number of amides is 1. The molecule has 0 unspecified atom stereocenters. The summed E-state index contributed by atoms with van der Waals surface area (Å²) in [6.07, 6.45) is 1.53. The second kappa shape index (κ2) is 8.49. The Bertz CT molecular complexity index is 877. The van der Waals surface area contributed by atoms with Crippen molar-refractivity contribution < 1.29 is 18.7 Å². The lowest BCUT2D eigenvalue weighted by atomic mass is 10.2. The van der Waals surface area contributed by atoms with Gasteiger partial charge in [0, 0.05) is 22.3 Å². The van der Waals surface area contributed by atoms with E-state index in [0.29, 0.717) is 28.7 Å². The summed E-state index contributed by atoms with van der Waals surface area (Å²) < 4.78 is 15.9. The van der Waals surface area contributed by atoms with Gasteiger partial charge < -0.3 is 19.2 Å². The Morgan fingerprint density at radius 2 is 1.88 bits per heavy atom. The molecule has 0 fully saturated rings. The zero-order chi connectivity index (χ0) is 18.4.